The van der Waals surface area contributed by atoms with E-state index in [1.807, 2.05) is 13.8 Å². The molecule has 0 aliphatic carbocycles. The normalized spacial score (nSPS) is 14.2. The Hall–Kier alpha value is -0.130. The van der Waals surface area contributed by atoms with Gasteiger partial charge in [-0.1, -0.05) is 20.8 Å². The van der Waals surface area contributed by atoms with E-state index in [1.54, 1.807) is 7.11 Å². The molecule has 0 amide bonds. The first-order chi connectivity index (χ1) is 7.91. The number of rotatable bonds is 10. The molecule has 17 heavy (non-hydrogen) atoms. The topological polar surface area (TPSA) is 55.4 Å². The fraction of sp³-hybridized carbons (Fsp3) is 1.00. The molecule has 0 bridgehead atoms. The second-order valence-electron chi connectivity index (χ2n) is 4.90. The standard InChI is InChI=1S/C12H27NO3S/c1-5-7-13-12(9-16-4)10-17(14,15)8-6-11(2)3/h11-13H,5-10H2,1-4H3. The zero-order valence-electron chi connectivity index (χ0n) is 11.5. The zero-order valence-corrected chi connectivity index (χ0v) is 12.3. The summed E-state index contributed by atoms with van der Waals surface area (Å²) < 4.78 is 28.8. The lowest BCUT2D eigenvalue weighted by Crippen LogP contribution is -2.40. The highest BCUT2D eigenvalue weighted by Crippen LogP contribution is 2.05. The highest BCUT2D eigenvalue weighted by Gasteiger charge is 2.18. The summed E-state index contributed by atoms with van der Waals surface area (Å²) in [6.45, 7) is 7.41. The number of ether oxygens (including phenoxy) is 1. The Labute approximate surface area is 106 Å². The van der Waals surface area contributed by atoms with Crippen molar-refractivity contribution in [3.8, 4) is 0 Å². The fourth-order valence-electron chi connectivity index (χ4n) is 1.52. The number of nitrogens with one attached hydrogen (secondary N) is 1. The number of hydrogen-bond acceptors (Lipinski definition) is 4. The van der Waals surface area contributed by atoms with Gasteiger partial charge in [0, 0.05) is 13.2 Å². The quantitative estimate of drug-likeness (QED) is 0.650. The first-order valence-corrected chi connectivity index (χ1v) is 8.16. The number of methoxy groups -OCH3 is 1. The van der Waals surface area contributed by atoms with Crippen LogP contribution in [0.25, 0.3) is 0 Å². The summed E-state index contributed by atoms with van der Waals surface area (Å²) in [7, 11) is -1.37. The number of hydrogen-bond donors (Lipinski definition) is 1. The van der Waals surface area contributed by atoms with E-state index in [2.05, 4.69) is 12.2 Å². The lowest BCUT2D eigenvalue weighted by molar-refractivity contribution is 0.173. The van der Waals surface area contributed by atoms with Crippen molar-refractivity contribution in [1.29, 1.82) is 0 Å². The molecular weight excluding hydrogens is 238 g/mol. The van der Waals surface area contributed by atoms with Crippen LogP contribution in [0.1, 0.15) is 33.6 Å². The Morgan fingerprint density at radius 2 is 1.94 bits per heavy atom. The summed E-state index contributed by atoms with van der Waals surface area (Å²) >= 11 is 0. The van der Waals surface area contributed by atoms with Gasteiger partial charge in [0.1, 0.15) is 0 Å². The van der Waals surface area contributed by atoms with E-state index < -0.39 is 9.84 Å². The van der Waals surface area contributed by atoms with Crippen LogP contribution in [0.2, 0.25) is 0 Å². The van der Waals surface area contributed by atoms with Crippen LogP contribution in [0.5, 0.6) is 0 Å². The Bertz CT molecular complexity index is 275. The molecule has 0 spiro atoms. The van der Waals surface area contributed by atoms with Gasteiger partial charge in [0.05, 0.1) is 18.1 Å². The van der Waals surface area contributed by atoms with Crippen molar-refractivity contribution in [2.24, 2.45) is 5.92 Å². The second-order valence-corrected chi connectivity index (χ2v) is 7.13. The molecule has 0 fully saturated rings. The molecular formula is C12H27NO3S. The van der Waals surface area contributed by atoms with Crippen molar-refractivity contribution in [1.82, 2.24) is 5.32 Å². The molecule has 0 saturated carbocycles. The van der Waals surface area contributed by atoms with E-state index in [1.165, 1.54) is 0 Å². The Morgan fingerprint density at radius 1 is 1.29 bits per heavy atom. The van der Waals surface area contributed by atoms with Gasteiger partial charge in [-0.2, -0.15) is 0 Å². The third-order valence-electron chi connectivity index (χ3n) is 2.51. The molecule has 104 valence electrons. The van der Waals surface area contributed by atoms with E-state index in [9.17, 15) is 8.42 Å². The maximum Gasteiger partial charge on any atom is 0.151 e. The molecule has 0 aromatic heterocycles. The molecule has 4 nitrogen and oxygen atoms in total. The molecule has 5 heteroatoms. The Kier molecular flexibility index (Phi) is 8.82. The first kappa shape index (κ1) is 16.9. The van der Waals surface area contributed by atoms with Gasteiger partial charge in [0.25, 0.3) is 0 Å². The average molecular weight is 265 g/mol. The highest BCUT2D eigenvalue weighted by atomic mass is 32.2. The van der Waals surface area contributed by atoms with Crippen LogP contribution in [0.3, 0.4) is 0 Å². The second kappa shape index (κ2) is 8.89. The minimum atomic E-state index is -2.97. The van der Waals surface area contributed by atoms with Gasteiger partial charge in [-0.3, -0.25) is 0 Å². The minimum Gasteiger partial charge on any atom is -0.383 e. The van der Waals surface area contributed by atoms with Crippen molar-refractivity contribution < 1.29 is 13.2 Å². The van der Waals surface area contributed by atoms with E-state index in [0.29, 0.717) is 12.5 Å². The Morgan fingerprint density at radius 3 is 2.41 bits per heavy atom. The summed E-state index contributed by atoms with van der Waals surface area (Å²) in [5, 5.41) is 3.21. The smallest absolute Gasteiger partial charge is 0.151 e. The van der Waals surface area contributed by atoms with Crippen molar-refractivity contribution in [3.63, 3.8) is 0 Å². The van der Waals surface area contributed by atoms with E-state index >= 15 is 0 Å². The zero-order chi connectivity index (χ0) is 13.3. The van der Waals surface area contributed by atoms with E-state index in [-0.39, 0.29) is 17.5 Å². The third kappa shape index (κ3) is 9.56. The first-order valence-electron chi connectivity index (χ1n) is 6.34. The molecule has 1 N–H and O–H groups in total. The maximum absolute atomic E-state index is 11.9. The van der Waals surface area contributed by atoms with Crippen molar-refractivity contribution in [2.45, 2.75) is 39.7 Å². The predicted octanol–water partition coefficient (Wildman–Crippen LogP) is 1.46. The third-order valence-corrected chi connectivity index (χ3v) is 4.28. The lowest BCUT2D eigenvalue weighted by Gasteiger charge is -2.18. The largest absolute Gasteiger partial charge is 0.383 e. The summed E-state index contributed by atoms with van der Waals surface area (Å²) in [5.41, 5.74) is 0. The molecule has 1 unspecified atom stereocenters. The van der Waals surface area contributed by atoms with Crippen molar-refractivity contribution >= 4 is 9.84 Å². The van der Waals surface area contributed by atoms with Crippen LogP contribution in [-0.4, -0.2) is 46.2 Å². The van der Waals surface area contributed by atoms with Crippen LogP contribution in [0.4, 0.5) is 0 Å². The van der Waals surface area contributed by atoms with Crippen LogP contribution in [-0.2, 0) is 14.6 Å². The summed E-state index contributed by atoms with van der Waals surface area (Å²) in [6, 6.07) is -0.0860. The van der Waals surface area contributed by atoms with Gasteiger partial charge in [-0.25, -0.2) is 8.42 Å². The maximum atomic E-state index is 11.9. The van der Waals surface area contributed by atoms with Crippen molar-refractivity contribution in [2.75, 3.05) is 31.8 Å². The molecule has 0 aliphatic rings. The highest BCUT2D eigenvalue weighted by molar-refractivity contribution is 7.91. The van der Waals surface area contributed by atoms with Gasteiger partial charge in [0.2, 0.25) is 0 Å². The number of sulfone groups is 1. The molecule has 1 atom stereocenters. The van der Waals surface area contributed by atoms with E-state index in [4.69, 9.17) is 4.74 Å². The van der Waals surface area contributed by atoms with Crippen LogP contribution >= 0.6 is 0 Å². The Balaban J connectivity index is 4.20. The van der Waals surface area contributed by atoms with Crippen LogP contribution < -0.4 is 5.32 Å². The minimum absolute atomic E-state index is 0.0860. The summed E-state index contributed by atoms with van der Waals surface area (Å²) in [4.78, 5) is 0. The predicted molar refractivity (Wildman–Crippen MR) is 72.1 cm³/mol. The summed E-state index contributed by atoms with van der Waals surface area (Å²) in [5.74, 6) is 0.876. The molecule has 0 heterocycles. The average Bonchev–Trinajstić information content (AvgIpc) is 2.23. The van der Waals surface area contributed by atoms with Gasteiger partial charge >= 0.3 is 0 Å². The van der Waals surface area contributed by atoms with Gasteiger partial charge < -0.3 is 10.1 Å². The lowest BCUT2D eigenvalue weighted by atomic mass is 10.2. The summed E-state index contributed by atoms with van der Waals surface area (Å²) in [6.07, 6.45) is 1.72. The van der Waals surface area contributed by atoms with Crippen LogP contribution in [0, 0.1) is 5.92 Å². The van der Waals surface area contributed by atoms with Crippen LogP contribution in [0.15, 0.2) is 0 Å². The SMILES string of the molecule is CCCNC(COC)CS(=O)(=O)CCC(C)C. The molecule has 0 aliphatic heterocycles. The van der Waals surface area contributed by atoms with Crippen molar-refractivity contribution in [3.05, 3.63) is 0 Å². The molecule has 0 aromatic rings. The molecule has 0 radical (unpaired) electrons. The van der Waals surface area contributed by atoms with Gasteiger partial charge in [-0.05, 0) is 25.3 Å². The van der Waals surface area contributed by atoms with Gasteiger partial charge in [0.15, 0.2) is 9.84 Å². The molecule has 0 rings (SSSR count). The molecule has 0 saturated heterocycles. The van der Waals surface area contributed by atoms with Gasteiger partial charge in [-0.15, -0.1) is 0 Å². The fourth-order valence-corrected chi connectivity index (χ4v) is 3.35. The van der Waals surface area contributed by atoms with E-state index in [0.717, 1.165) is 19.4 Å². The monoisotopic (exact) mass is 265 g/mol. The molecule has 0 aromatic carbocycles.